The fourth-order valence-electron chi connectivity index (χ4n) is 3.61. The molecule has 134 valence electrons. The van der Waals surface area contributed by atoms with Gasteiger partial charge < -0.3 is 14.4 Å². The number of rotatable bonds is 7. The molecule has 5 nitrogen and oxygen atoms in total. The molecule has 25 heavy (non-hydrogen) atoms. The summed E-state index contributed by atoms with van der Waals surface area (Å²) in [5, 5.41) is 9.59. The molecule has 1 aliphatic rings. The van der Waals surface area contributed by atoms with Gasteiger partial charge in [-0.1, -0.05) is 12.8 Å². The number of fused-ring (bicyclic) bond motifs is 2. The number of unbranched alkanes of at least 4 members (excludes halogenated alkanes) is 3. The molecule has 0 saturated heterocycles. The first-order valence-electron chi connectivity index (χ1n) is 9.07. The Hall–Kier alpha value is -2.14. The lowest BCUT2D eigenvalue weighted by molar-refractivity contribution is 0.101. The maximum atomic E-state index is 11.9. The molecule has 0 radical (unpaired) electrons. The number of nitrogens with zero attached hydrogens (tertiary/aromatic N) is 1. The summed E-state index contributed by atoms with van der Waals surface area (Å²) >= 11 is 0. The normalized spacial score (nSPS) is 13.9. The molecule has 0 aliphatic carbocycles. The van der Waals surface area contributed by atoms with Crippen molar-refractivity contribution in [3.63, 3.8) is 0 Å². The Bertz CT molecular complexity index is 824. The van der Waals surface area contributed by atoms with Crippen LogP contribution in [0.5, 0.6) is 0 Å². The van der Waals surface area contributed by atoms with Gasteiger partial charge in [0.05, 0.1) is 0 Å². The Morgan fingerprint density at radius 1 is 1.20 bits per heavy atom. The van der Waals surface area contributed by atoms with Gasteiger partial charge >= 0.3 is 5.63 Å². The van der Waals surface area contributed by atoms with Crippen molar-refractivity contribution in [1.82, 2.24) is 0 Å². The summed E-state index contributed by atoms with van der Waals surface area (Å²) in [7, 11) is 0. The molecule has 1 aromatic carbocycles. The zero-order valence-corrected chi connectivity index (χ0v) is 14.7. The van der Waals surface area contributed by atoms with Crippen molar-refractivity contribution in [2.45, 2.75) is 45.4 Å². The van der Waals surface area contributed by atoms with E-state index in [1.54, 1.807) is 0 Å². The Morgan fingerprint density at radius 3 is 2.76 bits per heavy atom. The third-order valence-electron chi connectivity index (χ3n) is 4.87. The minimum absolute atomic E-state index is 0.116. The zero-order chi connectivity index (χ0) is 17.8. The van der Waals surface area contributed by atoms with E-state index >= 15 is 0 Å². The van der Waals surface area contributed by atoms with Crippen molar-refractivity contribution < 1.29 is 14.3 Å². The molecule has 1 aromatic heterocycles. The number of anilines is 1. The number of aliphatic hydroxyl groups is 1. The van der Waals surface area contributed by atoms with E-state index in [0.29, 0.717) is 11.1 Å². The number of ketones is 1. The van der Waals surface area contributed by atoms with Gasteiger partial charge in [-0.2, -0.15) is 0 Å². The van der Waals surface area contributed by atoms with E-state index in [2.05, 4.69) is 4.90 Å². The second-order valence-electron chi connectivity index (χ2n) is 6.74. The molecule has 2 heterocycles. The molecule has 0 bridgehead atoms. The molecule has 3 rings (SSSR count). The highest BCUT2D eigenvalue weighted by atomic mass is 16.4. The smallest absolute Gasteiger partial charge is 0.336 e. The fraction of sp³-hybridized carbons (Fsp3) is 0.500. The molecule has 5 heteroatoms. The maximum absolute atomic E-state index is 11.9. The molecule has 1 aliphatic heterocycles. The third kappa shape index (κ3) is 3.93. The van der Waals surface area contributed by atoms with Gasteiger partial charge in [-0.25, -0.2) is 4.79 Å². The first-order chi connectivity index (χ1) is 12.1. The van der Waals surface area contributed by atoms with E-state index in [1.807, 2.05) is 12.1 Å². The number of aliphatic hydroxyl groups excluding tert-OH is 1. The van der Waals surface area contributed by atoms with Crippen LogP contribution in [0.25, 0.3) is 11.0 Å². The predicted molar refractivity (Wildman–Crippen MR) is 98.6 cm³/mol. The molecule has 0 atom stereocenters. The van der Waals surface area contributed by atoms with Crippen LogP contribution in [0.2, 0.25) is 0 Å². The number of carbonyl (C=O) groups is 1. The first kappa shape index (κ1) is 17.7. The number of hydrogen-bond acceptors (Lipinski definition) is 5. The topological polar surface area (TPSA) is 70.8 Å². The van der Waals surface area contributed by atoms with Gasteiger partial charge in [0.25, 0.3) is 0 Å². The summed E-state index contributed by atoms with van der Waals surface area (Å²) in [6.45, 7) is 3.69. The van der Waals surface area contributed by atoms with Crippen LogP contribution in [0, 0.1) is 0 Å². The predicted octanol–water partition coefficient (Wildman–Crippen LogP) is 3.30. The molecule has 0 unspecified atom stereocenters. The lowest BCUT2D eigenvalue weighted by Crippen LogP contribution is -2.30. The molecular weight excluding hydrogens is 318 g/mol. The highest BCUT2D eigenvalue weighted by Gasteiger charge is 2.20. The van der Waals surface area contributed by atoms with Crippen LogP contribution in [0.3, 0.4) is 0 Å². The Balaban J connectivity index is 1.90. The number of aryl methyl sites for hydroxylation is 1. The van der Waals surface area contributed by atoms with Crippen molar-refractivity contribution in [3.8, 4) is 0 Å². The van der Waals surface area contributed by atoms with E-state index < -0.39 is 5.63 Å². The number of carbonyl (C=O) groups excluding carboxylic acids is 1. The highest BCUT2D eigenvalue weighted by Crippen LogP contribution is 2.32. The van der Waals surface area contributed by atoms with Crippen LogP contribution in [0.1, 0.15) is 54.9 Å². The van der Waals surface area contributed by atoms with E-state index in [-0.39, 0.29) is 12.4 Å². The number of hydrogen-bond donors (Lipinski definition) is 1. The van der Waals surface area contributed by atoms with Crippen LogP contribution < -0.4 is 10.5 Å². The summed E-state index contributed by atoms with van der Waals surface area (Å²) in [6, 6.07) is 5.23. The molecule has 2 aromatic rings. The van der Waals surface area contributed by atoms with E-state index in [0.717, 1.165) is 62.7 Å². The summed E-state index contributed by atoms with van der Waals surface area (Å²) in [5.74, 6) is -0.116. The Kier molecular flexibility index (Phi) is 5.53. The molecule has 0 saturated carbocycles. The first-order valence-corrected chi connectivity index (χ1v) is 9.07. The summed E-state index contributed by atoms with van der Waals surface area (Å²) < 4.78 is 5.36. The van der Waals surface area contributed by atoms with Gasteiger partial charge in [0.1, 0.15) is 5.58 Å². The third-order valence-corrected chi connectivity index (χ3v) is 4.87. The molecule has 1 N–H and O–H groups in total. The summed E-state index contributed by atoms with van der Waals surface area (Å²) in [4.78, 5) is 26.0. The average molecular weight is 343 g/mol. The molecule has 0 spiro atoms. The number of Topliss-reactive ketones (excluding diaryl/α,β-unsaturated/α-hetero) is 1. The van der Waals surface area contributed by atoms with Gasteiger partial charge in [0.2, 0.25) is 0 Å². The van der Waals surface area contributed by atoms with Crippen LogP contribution in [0.4, 0.5) is 5.69 Å². The standard InChI is InChI=1S/C20H25NO4/c1-14(23)16-12-20(24)25-19-13-18-15(11-17(16)19)7-6-9-21(18)8-4-2-3-5-10-22/h11-13,22H,2-10H2,1H3. The van der Waals surface area contributed by atoms with Gasteiger partial charge in [-0.3, -0.25) is 4.79 Å². The highest BCUT2D eigenvalue weighted by molar-refractivity contribution is 6.06. The van der Waals surface area contributed by atoms with Crippen molar-refractivity contribution in [1.29, 1.82) is 0 Å². The minimum Gasteiger partial charge on any atom is -0.423 e. The van der Waals surface area contributed by atoms with Gasteiger partial charge in [0, 0.05) is 48.5 Å². The van der Waals surface area contributed by atoms with Crippen molar-refractivity contribution in [2.75, 3.05) is 24.6 Å². The summed E-state index contributed by atoms with van der Waals surface area (Å²) in [6.07, 6.45) is 6.15. The lowest BCUT2D eigenvalue weighted by Gasteiger charge is -2.31. The monoisotopic (exact) mass is 343 g/mol. The maximum Gasteiger partial charge on any atom is 0.336 e. The average Bonchev–Trinajstić information content (AvgIpc) is 2.59. The second-order valence-corrected chi connectivity index (χ2v) is 6.74. The van der Waals surface area contributed by atoms with E-state index in [4.69, 9.17) is 9.52 Å². The van der Waals surface area contributed by atoms with Gasteiger partial charge in [-0.15, -0.1) is 0 Å². The van der Waals surface area contributed by atoms with Crippen molar-refractivity contribution >= 4 is 22.4 Å². The Labute approximate surface area is 147 Å². The van der Waals surface area contributed by atoms with Crippen LogP contribution >= 0.6 is 0 Å². The van der Waals surface area contributed by atoms with Crippen molar-refractivity contribution in [2.24, 2.45) is 0 Å². The minimum atomic E-state index is -0.482. The zero-order valence-electron chi connectivity index (χ0n) is 14.7. The van der Waals surface area contributed by atoms with Crippen LogP contribution in [0.15, 0.2) is 27.4 Å². The molecule has 0 fully saturated rings. The number of benzene rings is 1. The van der Waals surface area contributed by atoms with Crippen LogP contribution in [-0.4, -0.2) is 30.6 Å². The van der Waals surface area contributed by atoms with E-state index in [1.165, 1.54) is 18.6 Å². The quantitative estimate of drug-likeness (QED) is 0.474. The van der Waals surface area contributed by atoms with Crippen molar-refractivity contribution in [3.05, 3.63) is 39.7 Å². The fourth-order valence-corrected chi connectivity index (χ4v) is 3.61. The van der Waals surface area contributed by atoms with Crippen LogP contribution in [-0.2, 0) is 6.42 Å². The van der Waals surface area contributed by atoms with E-state index in [9.17, 15) is 9.59 Å². The van der Waals surface area contributed by atoms with Gasteiger partial charge in [-0.05, 0) is 44.2 Å². The lowest BCUT2D eigenvalue weighted by atomic mass is 9.96. The molecular formula is C20H25NO4. The summed E-state index contributed by atoms with van der Waals surface area (Å²) in [5.41, 5.74) is 2.78. The molecule has 0 amide bonds. The Morgan fingerprint density at radius 2 is 2.00 bits per heavy atom. The van der Waals surface area contributed by atoms with Gasteiger partial charge in [0.15, 0.2) is 5.78 Å². The largest absolute Gasteiger partial charge is 0.423 e. The second kappa shape index (κ2) is 7.83. The SMILES string of the molecule is CC(=O)c1cc(=O)oc2cc3c(cc12)CCCN3CCCCCCO.